The maximum Gasteiger partial charge on any atom is 0.311 e. The fraction of sp³-hybridized carbons (Fsp3) is 0.462. The minimum Gasteiger partial charge on any atom is -0.460 e. The van der Waals surface area contributed by atoms with Gasteiger partial charge in [-0.2, -0.15) is 0 Å². The fourth-order valence-electron chi connectivity index (χ4n) is 5.39. The van der Waals surface area contributed by atoms with Crippen LogP contribution >= 0.6 is 0 Å². The topological polar surface area (TPSA) is 46.6 Å². The van der Waals surface area contributed by atoms with Gasteiger partial charge < -0.3 is 4.74 Å². The highest BCUT2D eigenvalue weighted by molar-refractivity contribution is 5.93. The lowest BCUT2D eigenvalue weighted by Crippen LogP contribution is -2.55. The Bertz CT molecular complexity index is 918. The molecule has 0 amide bonds. The van der Waals surface area contributed by atoms with Gasteiger partial charge in [0.15, 0.2) is 5.78 Å². The first-order chi connectivity index (χ1) is 14.2. The molecule has 0 radical (unpaired) electrons. The van der Waals surface area contributed by atoms with Crippen LogP contribution in [0, 0.1) is 5.92 Å². The number of hydrogen-bond acceptors (Lipinski definition) is 4. The predicted molar refractivity (Wildman–Crippen MR) is 117 cm³/mol. The second-order valence-corrected chi connectivity index (χ2v) is 9.59. The molecule has 0 aliphatic carbocycles. The Morgan fingerprint density at radius 1 is 1.07 bits per heavy atom. The molecular weight excluding hydrogens is 374 g/mol. The molecule has 2 bridgehead atoms. The summed E-state index contributed by atoms with van der Waals surface area (Å²) in [5, 5.41) is 0. The maximum atomic E-state index is 13.6. The van der Waals surface area contributed by atoms with Crippen molar-refractivity contribution in [2.24, 2.45) is 5.92 Å². The molecule has 158 valence electrons. The summed E-state index contributed by atoms with van der Waals surface area (Å²) in [6, 6.07) is 20.2. The van der Waals surface area contributed by atoms with Crippen LogP contribution in [0.1, 0.15) is 64.1 Å². The first-order valence-electron chi connectivity index (χ1n) is 10.9. The van der Waals surface area contributed by atoms with Crippen LogP contribution in [0.4, 0.5) is 0 Å². The van der Waals surface area contributed by atoms with E-state index in [0.29, 0.717) is 19.3 Å². The van der Waals surface area contributed by atoms with Crippen LogP contribution in [0.25, 0.3) is 0 Å². The van der Waals surface area contributed by atoms with Crippen molar-refractivity contribution >= 4 is 11.8 Å². The molecule has 0 spiro atoms. The van der Waals surface area contributed by atoms with E-state index in [9.17, 15) is 9.59 Å². The molecule has 2 aliphatic rings. The number of carbonyl (C=O) groups excluding carboxylic acids is 2. The summed E-state index contributed by atoms with van der Waals surface area (Å²) >= 11 is 0. The van der Waals surface area contributed by atoms with E-state index in [1.54, 1.807) is 0 Å². The van der Waals surface area contributed by atoms with E-state index in [4.69, 9.17) is 4.74 Å². The summed E-state index contributed by atoms with van der Waals surface area (Å²) in [5.41, 5.74) is 0.796. The van der Waals surface area contributed by atoms with E-state index in [2.05, 4.69) is 24.0 Å². The van der Waals surface area contributed by atoms with Crippen LogP contribution in [0.5, 0.6) is 0 Å². The quantitative estimate of drug-likeness (QED) is 0.669. The Balaban J connectivity index is 1.82. The Hall–Kier alpha value is -2.46. The maximum absolute atomic E-state index is 13.6. The van der Waals surface area contributed by atoms with Crippen molar-refractivity contribution in [2.45, 2.75) is 70.2 Å². The van der Waals surface area contributed by atoms with Crippen LogP contribution < -0.4 is 0 Å². The first-order valence-corrected chi connectivity index (χ1v) is 10.9. The molecule has 2 aliphatic heterocycles. The molecule has 30 heavy (non-hydrogen) atoms. The van der Waals surface area contributed by atoms with Crippen molar-refractivity contribution in [3.05, 3.63) is 71.8 Å². The number of ether oxygens (including phenoxy) is 1. The zero-order chi connectivity index (χ0) is 21.5. The van der Waals surface area contributed by atoms with Gasteiger partial charge in [-0.3, -0.25) is 14.5 Å². The number of piperidine rings is 1. The molecular formula is C26H31NO3. The van der Waals surface area contributed by atoms with E-state index in [-0.39, 0.29) is 29.8 Å². The average Bonchev–Trinajstić information content (AvgIpc) is 3.00. The predicted octanol–water partition coefficient (Wildman–Crippen LogP) is 5.04. The monoisotopic (exact) mass is 405 g/mol. The standard InChI is InChI=1S/C26H31NO3/c1-18(19-11-7-5-8-12-19)27-22-15-16-23(28)26(27,20-13-9-6-10-14-20)17-21(22)24(29)30-25(2,3)4/h5-14,18,21-22H,15-17H2,1-4H3/t18?,21-,22-,26-/m0/s1. The molecule has 0 saturated carbocycles. The van der Waals surface area contributed by atoms with Crippen molar-refractivity contribution in [2.75, 3.05) is 0 Å². The summed E-state index contributed by atoms with van der Waals surface area (Å²) in [5.74, 6) is -0.300. The van der Waals surface area contributed by atoms with Crippen molar-refractivity contribution in [1.82, 2.24) is 4.90 Å². The SMILES string of the molecule is CC(c1ccccc1)N1[C@H]2CCC(=O)[C@@]1(c1ccccc1)C[C@@H]2C(=O)OC(C)(C)C. The molecule has 2 heterocycles. The van der Waals surface area contributed by atoms with Gasteiger partial charge in [0.25, 0.3) is 0 Å². The van der Waals surface area contributed by atoms with Crippen molar-refractivity contribution in [3.8, 4) is 0 Å². The van der Waals surface area contributed by atoms with Crippen molar-refractivity contribution in [1.29, 1.82) is 0 Å². The molecule has 2 aromatic rings. The van der Waals surface area contributed by atoms with Gasteiger partial charge in [-0.1, -0.05) is 60.7 Å². The number of benzene rings is 2. The van der Waals surface area contributed by atoms with Gasteiger partial charge in [0.05, 0.1) is 5.92 Å². The first kappa shape index (κ1) is 20.8. The lowest BCUT2D eigenvalue weighted by atomic mass is 9.78. The highest BCUT2D eigenvalue weighted by Gasteiger charge is 2.62. The van der Waals surface area contributed by atoms with E-state index >= 15 is 0 Å². The number of esters is 1. The van der Waals surface area contributed by atoms with E-state index < -0.39 is 11.1 Å². The van der Waals surface area contributed by atoms with Crippen LogP contribution in [0.3, 0.4) is 0 Å². The molecule has 2 fully saturated rings. The summed E-state index contributed by atoms with van der Waals surface area (Å²) in [6.07, 6.45) is 1.66. The Morgan fingerprint density at radius 2 is 1.67 bits per heavy atom. The van der Waals surface area contributed by atoms with Crippen LogP contribution in [0.15, 0.2) is 60.7 Å². The highest BCUT2D eigenvalue weighted by Crippen LogP contribution is 2.55. The van der Waals surface area contributed by atoms with Gasteiger partial charge in [0.2, 0.25) is 0 Å². The van der Waals surface area contributed by atoms with Gasteiger partial charge in [-0.05, 0) is 51.7 Å². The number of ketones is 1. The van der Waals surface area contributed by atoms with Crippen molar-refractivity contribution in [3.63, 3.8) is 0 Å². The number of fused-ring (bicyclic) bond motifs is 2. The molecule has 0 N–H and O–H groups in total. The van der Waals surface area contributed by atoms with Gasteiger partial charge in [-0.25, -0.2) is 0 Å². The normalized spacial score (nSPS) is 27.7. The highest BCUT2D eigenvalue weighted by atomic mass is 16.6. The number of carbonyl (C=O) groups is 2. The third-order valence-electron chi connectivity index (χ3n) is 6.57. The lowest BCUT2D eigenvalue weighted by Gasteiger charge is -2.47. The zero-order valence-electron chi connectivity index (χ0n) is 18.3. The van der Waals surface area contributed by atoms with E-state index in [1.807, 2.05) is 69.3 Å². The zero-order valence-corrected chi connectivity index (χ0v) is 18.3. The third kappa shape index (κ3) is 3.47. The summed E-state index contributed by atoms with van der Waals surface area (Å²) in [6.45, 7) is 7.84. The Kier molecular flexibility index (Phi) is 5.31. The number of Topliss-reactive ketones (excluding diaryl/α,β-unsaturated/α-hetero) is 1. The second-order valence-electron chi connectivity index (χ2n) is 9.59. The van der Waals surface area contributed by atoms with E-state index in [1.165, 1.54) is 0 Å². The molecule has 4 rings (SSSR count). The van der Waals surface area contributed by atoms with Crippen molar-refractivity contribution < 1.29 is 14.3 Å². The molecule has 2 aromatic carbocycles. The fourth-order valence-corrected chi connectivity index (χ4v) is 5.39. The summed E-state index contributed by atoms with van der Waals surface area (Å²) in [4.78, 5) is 29.1. The third-order valence-corrected chi connectivity index (χ3v) is 6.57. The number of rotatable bonds is 4. The van der Waals surface area contributed by atoms with E-state index in [0.717, 1.165) is 11.1 Å². The molecule has 0 aromatic heterocycles. The Labute approximate surface area is 179 Å². The smallest absolute Gasteiger partial charge is 0.311 e. The van der Waals surface area contributed by atoms with Crippen LogP contribution in [0.2, 0.25) is 0 Å². The van der Waals surface area contributed by atoms with Gasteiger partial charge >= 0.3 is 5.97 Å². The minimum atomic E-state index is -0.791. The second kappa shape index (κ2) is 7.66. The number of nitrogens with zero attached hydrogens (tertiary/aromatic N) is 1. The molecule has 2 saturated heterocycles. The molecule has 4 nitrogen and oxygen atoms in total. The molecule has 4 atom stereocenters. The summed E-state index contributed by atoms with van der Waals surface area (Å²) < 4.78 is 5.80. The lowest BCUT2D eigenvalue weighted by molar-refractivity contribution is -0.161. The number of hydrogen-bond donors (Lipinski definition) is 0. The molecule has 1 unspecified atom stereocenters. The largest absolute Gasteiger partial charge is 0.460 e. The van der Waals surface area contributed by atoms with Gasteiger partial charge in [0, 0.05) is 18.5 Å². The van der Waals surface area contributed by atoms with Crippen LogP contribution in [-0.2, 0) is 19.9 Å². The Morgan fingerprint density at radius 3 is 2.27 bits per heavy atom. The average molecular weight is 406 g/mol. The summed E-state index contributed by atoms with van der Waals surface area (Å²) in [7, 11) is 0. The van der Waals surface area contributed by atoms with Gasteiger partial charge in [0.1, 0.15) is 11.1 Å². The van der Waals surface area contributed by atoms with Crippen LogP contribution in [-0.4, -0.2) is 28.3 Å². The minimum absolute atomic E-state index is 0.00749. The molecule has 4 heteroatoms. The van der Waals surface area contributed by atoms with Gasteiger partial charge in [-0.15, -0.1) is 0 Å².